The number of fused-ring (bicyclic) bond motifs is 1. The van der Waals surface area contributed by atoms with Gasteiger partial charge in [0.1, 0.15) is 0 Å². The number of rotatable bonds is 3. The van der Waals surface area contributed by atoms with Crippen molar-refractivity contribution < 1.29 is 14.4 Å². The molecule has 0 aliphatic heterocycles. The van der Waals surface area contributed by atoms with Gasteiger partial charge in [0.05, 0.1) is 39.4 Å². The summed E-state index contributed by atoms with van der Waals surface area (Å²) in [5.74, 6) is 3.76. The molecular weight excluding hydrogens is 413 g/mol. The Morgan fingerprint density at radius 3 is 1.91 bits per heavy atom. The smallest absolute Gasteiger partial charge is 0.233 e. The number of benzene rings is 1. The third-order valence-corrected chi connectivity index (χ3v) is 4.01. The summed E-state index contributed by atoms with van der Waals surface area (Å²) in [4.78, 5) is 30.0. The molecular formula is C14H16IN5O3. The first-order chi connectivity index (χ1) is 10.7. The highest BCUT2D eigenvalue weighted by Gasteiger charge is 2.38. The fraction of sp³-hybridized carbons (Fsp3) is 0.143. The van der Waals surface area contributed by atoms with Gasteiger partial charge in [0.2, 0.25) is 11.5 Å². The first kappa shape index (κ1) is 17.1. The summed E-state index contributed by atoms with van der Waals surface area (Å²) >= 11 is 2.08. The van der Waals surface area contributed by atoms with Gasteiger partial charge >= 0.3 is 0 Å². The first-order valence-corrected chi connectivity index (χ1v) is 7.57. The van der Waals surface area contributed by atoms with Crippen molar-refractivity contribution in [2.45, 2.75) is 13.3 Å². The second-order valence-electron chi connectivity index (χ2n) is 4.98. The lowest BCUT2D eigenvalue weighted by atomic mass is 9.83. The molecule has 1 aromatic rings. The molecule has 0 unspecified atom stereocenters. The van der Waals surface area contributed by atoms with Crippen LogP contribution in [-0.2, 0) is 4.84 Å². The van der Waals surface area contributed by atoms with Gasteiger partial charge in [-0.25, -0.2) is 0 Å². The lowest BCUT2D eigenvalue weighted by Gasteiger charge is -2.23. The van der Waals surface area contributed by atoms with Crippen molar-refractivity contribution in [3.63, 3.8) is 0 Å². The van der Waals surface area contributed by atoms with Crippen LogP contribution in [0.25, 0.3) is 0 Å². The molecule has 0 spiro atoms. The van der Waals surface area contributed by atoms with E-state index in [1.165, 1.54) is 0 Å². The molecule has 10 N–H and O–H groups in total. The van der Waals surface area contributed by atoms with Gasteiger partial charge in [-0.15, -0.1) is 0 Å². The number of halogens is 1. The van der Waals surface area contributed by atoms with Gasteiger partial charge < -0.3 is 27.8 Å². The summed E-state index contributed by atoms with van der Waals surface area (Å²) in [7, 11) is 0. The molecule has 0 aromatic heterocycles. The second-order valence-corrected chi connectivity index (χ2v) is 6.69. The van der Waals surface area contributed by atoms with Crippen molar-refractivity contribution in [2.24, 2.45) is 5.90 Å². The minimum Gasteiger partial charge on any atom is -0.407 e. The average Bonchev–Trinajstić information content (AvgIpc) is 2.50. The molecule has 1 aromatic carbocycles. The Kier molecular flexibility index (Phi) is 4.52. The van der Waals surface area contributed by atoms with Crippen LogP contribution in [-0.4, -0.2) is 11.6 Å². The van der Waals surface area contributed by atoms with Gasteiger partial charge in [0.25, 0.3) is 0 Å². The van der Waals surface area contributed by atoms with E-state index in [1.807, 2.05) is 6.92 Å². The molecule has 122 valence electrons. The molecule has 0 bridgehead atoms. The third-order valence-electron chi connectivity index (χ3n) is 3.57. The summed E-state index contributed by atoms with van der Waals surface area (Å²) in [5, 5.41) is 0. The monoisotopic (exact) mass is 429 g/mol. The van der Waals surface area contributed by atoms with Crippen LogP contribution in [0.3, 0.4) is 0 Å². The zero-order valence-electron chi connectivity index (χ0n) is 12.3. The van der Waals surface area contributed by atoms with E-state index in [4.69, 9.17) is 28.8 Å². The van der Waals surface area contributed by atoms with Gasteiger partial charge in [-0.2, -0.15) is 5.90 Å². The predicted octanol–water partition coefficient (Wildman–Crippen LogP) is 1.27. The van der Waals surface area contributed by atoms with Crippen LogP contribution >= 0.6 is 22.6 Å². The number of anilines is 4. The highest BCUT2D eigenvalue weighted by Crippen LogP contribution is 2.42. The number of allylic oxidation sites excluding steroid dienone is 4. The van der Waals surface area contributed by atoms with Crippen molar-refractivity contribution in [3.8, 4) is 0 Å². The van der Waals surface area contributed by atoms with Crippen molar-refractivity contribution in [3.05, 3.63) is 32.1 Å². The van der Waals surface area contributed by atoms with Gasteiger partial charge in [0, 0.05) is 0 Å². The standard InChI is InChI=1S/C14H16IN5O3/c1-4(15)2-3-5-12(21)6-7(13(22)14(5)23-20)9(17)11(19)10(18)8(6)16/h2H,3,16-20H2,1H3/b4-2-. The number of hydrogen-bond donors (Lipinski definition) is 5. The minimum absolute atomic E-state index is 0.0283. The fourth-order valence-corrected chi connectivity index (χ4v) is 2.58. The fourth-order valence-electron chi connectivity index (χ4n) is 2.36. The maximum atomic E-state index is 12.8. The van der Waals surface area contributed by atoms with Crippen molar-refractivity contribution >= 4 is 56.9 Å². The maximum Gasteiger partial charge on any atom is 0.233 e. The zero-order valence-corrected chi connectivity index (χ0v) is 14.4. The van der Waals surface area contributed by atoms with E-state index in [0.717, 1.165) is 3.58 Å². The highest BCUT2D eigenvalue weighted by atomic mass is 127. The lowest BCUT2D eigenvalue weighted by Crippen LogP contribution is -2.28. The molecule has 23 heavy (non-hydrogen) atoms. The molecule has 0 saturated heterocycles. The Morgan fingerprint density at radius 1 is 1.00 bits per heavy atom. The first-order valence-electron chi connectivity index (χ1n) is 6.49. The highest BCUT2D eigenvalue weighted by molar-refractivity contribution is 14.1. The summed E-state index contributed by atoms with van der Waals surface area (Å²) in [6.45, 7) is 1.85. The maximum absolute atomic E-state index is 12.8. The van der Waals surface area contributed by atoms with E-state index in [9.17, 15) is 9.59 Å². The van der Waals surface area contributed by atoms with Crippen LogP contribution in [0.1, 0.15) is 34.1 Å². The van der Waals surface area contributed by atoms with E-state index < -0.39 is 11.6 Å². The number of Topliss-reactive ketones (excluding diaryl/α,β-unsaturated/α-hetero) is 2. The van der Waals surface area contributed by atoms with Crippen LogP contribution in [0.5, 0.6) is 0 Å². The Labute approximate surface area is 145 Å². The van der Waals surface area contributed by atoms with Crippen LogP contribution in [0, 0.1) is 0 Å². The summed E-state index contributed by atoms with van der Waals surface area (Å²) in [5.41, 5.74) is 22.9. The van der Waals surface area contributed by atoms with Crippen LogP contribution in [0.15, 0.2) is 21.0 Å². The number of hydrogen-bond acceptors (Lipinski definition) is 8. The quantitative estimate of drug-likeness (QED) is 0.271. The molecule has 0 amide bonds. The summed E-state index contributed by atoms with van der Waals surface area (Å²) in [6.07, 6.45) is 1.92. The summed E-state index contributed by atoms with van der Waals surface area (Å²) in [6, 6.07) is 0. The van der Waals surface area contributed by atoms with Crippen molar-refractivity contribution in [2.75, 3.05) is 22.9 Å². The second kappa shape index (κ2) is 6.08. The van der Waals surface area contributed by atoms with Gasteiger partial charge in [-0.1, -0.05) is 6.08 Å². The van der Waals surface area contributed by atoms with Crippen molar-refractivity contribution in [1.29, 1.82) is 0 Å². The summed E-state index contributed by atoms with van der Waals surface area (Å²) < 4.78 is 0.932. The molecule has 1 aliphatic rings. The van der Waals surface area contributed by atoms with Crippen molar-refractivity contribution in [1.82, 2.24) is 0 Å². The van der Waals surface area contributed by atoms with E-state index in [1.54, 1.807) is 6.08 Å². The Balaban J connectivity index is 2.78. The number of ketones is 2. The minimum atomic E-state index is -0.646. The van der Waals surface area contributed by atoms with E-state index in [2.05, 4.69) is 27.4 Å². The molecule has 2 rings (SSSR count). The van der Waals surface area contributed by atoms with Crippen LogP contribution in [0.4, 0.5) is 22.7 Å². The van der Waals surface area contributed by atoms with Gasteiger partial charge in [-0.3, -0.25) is 9.59 Å². The molecule has 0 saturated carbocycles. The molecule has 0 radical (unpaired) electrons. The Morgan fingerprint density at radius 2 is 1.48 bits per heavy atom. The number of carbonyl (C=O) groups excluding carboxylic acids is 2. The molecule has 0 heterocycles. The number of nitrogen functional groups attached to an aromatic ring is 4. The third kappa shape index (κ3) is 2.61. The van der Waals surface area contributed by atoms with E-state index >= 15 is 0 Å². The SMILES string of the molecule is C/C(I)=C/CC1=C(ON)C(=O)c2c(N)c(N)c(N)c(N)c2C1=O. The topological polar surface area (TPSA) is 173 Å². The zero-order chi connectivity index (χ0) is 17.5. The lowest BCUT2D eigenvalue weighted by molar-refractivity contribution is 0.0872. The molecule has 0 atom stereocenters. The van der Waals surface area contributed by atoms with Gasteiger partial charge in [0.15, 0.2) is 5.78 Å². The van der Waals surface area contributed by atoms with E-state index in [-0.39, 0.29) is 51.6 Å². The average molecular weight is 429 g/mol. The Hall–Kier alpha value is -2.27. The number of carbonyl (C=O) groups is 2. The largest absolute Gasteiger partial charge is 0.407 e. The molecule has 1 aliphatic carbocycles. The Bertz CT molecular complexity index is 794. The molecule has 9 heteroatoms. The predicted molar refractivity (Wildman–Crippen MR) is 97.4 cm³/mol. The van der Waals surface area contributed by atoms with E-state index in [0.29, 0.717) is 0 Å². The van der Waals surface area contributed by atoms with Crippen LogP contribution < -0.4 is 28.8 Å². The van der Waals surface area contributed by atoms with Gasteiger partial charge in [-0.05, 0) is 39.5 Å². The number of nitrogens with two attached hydrogens (primary N) is 5. The molecule has 0 fully saturated rings. The van der Waals surface area contributed by atoms with Crippen LogP contribution in [0.2, 0.25) is 0 Å². The molecule has 8 nitrogen and oxygen atoms in total. The normalized spacial score (nSPS) is 15.0.